The van der Waals surface area contributed by atoms with E-state index in [2.05, 4.69) is 15.9 Å². The number of alkyl halides is 3. The maximum absolute atomic E-state index is 12.7. The maximum atomic E-state index is 12.7. The van der Waals surface area contributed by atoms with Crippen LogP contribution in [0.25, 0.3) is 0 Å². The van der Waals surface area contributed by atoms with E-state index in [0.29, 0.717) is 10.0 Å². The number of halogens is 4. The van der Waals surface area contributed by atoms with E-state index in [1.54, 1.807) is 35.0 Å². The van der Waals surface area contributed by atoms with Crippen LogP contribution in [0.1, 0.15) is 15.9 Å². The van der Waals surface area contributed by atoms with Gasteiger partial charge in [0.05, 0.1) is 5.56 Å². The molecule has 1 amide bonds. The minimum absolute atomic E-state index is 0.0663. The molecule has 112 valence electrons. The second-order valence-electron chi connectivity index (χ2n) is 4.39. The molecule has 21 heavy (non-hydrogen) atoms. The number of amides is 1. The Labute approximate surface area is 132 Å². The van der Waals surface area contributed by atoms with E-state index in [4.69, 9.17) is 0 Å². The zero-order chi connectivity index (χ0) is 15.5. The van der Waals surface area contributed by atoms with Gasteiger partial charge in [-0.3, -0.25) is 4.79 Å². The predicted octanol–water partition coefficient (Wildman–Crippen LogP) is 4.72. The van der Waals surface area contributed by atoms with Crippen molar-refractivity contribution < 1.29 is 18.0 Å². The molecule has 0 aliphatic rings. The molecule has 0 saturated heterocycles. The number of carbonyl (C=O) groups is 1. The molecule has 0 saturated carbocycles. The van der Waals surface area contributed by atoms with Crippen LogP contribution in [-0.2, 0) is 6.54 Å². The van der Waals surface area contributed by atoms with Crippen LogP contribution in [0.5, 0.6) is 0 Å². The van der Waals surface area contributed by atoms with Crippen molar-refractivity contribution in [3.05, 3.63) is 56.7 Å². The first-order valence-corrected chi connectivity index (χ1v) is 7.72. The van der Waals surface area contributed by atoms with Gasteiger partial charge >= 0.3 is 6.18 Å². The predicted molar refractivity (Wildman–Crippen MR) is 79.3 cm³/mol. The lowest BCUT2D eigenvalue weighted by atomic mass is 10.2. The van der Waals surface area contributed by atoms with Crippen LogP contribution in [0.2, 0.25) is 0 Å². The number of hydrogen-bond acceptors (Lipinski definition) is 2. The molecular weight excluding hydrogens is 367 g/mol. The van der Waals surface area contributed by atoms with Crippen LogP contribution >= 0.6 is 27.3 Å². The van der Waals surface area contributed by atoms with Gasteiger partial charge in [-0.05, 0) is 50.5 Å². The van der Waals surface area contributed by atoms with E-state index in [1.165, 1.54) is 17.4 Å². The van der Waals surface area contributed by atoms with Crippen molar-refractivity contribution in [1.82, 2.24) is 4.90 Å². The summed E-state index contributed by atoms with van der Waals surface area (Å²) >= 11 is 4.58. The van der Waals surface area contributed by atoms with E-state index >= 15 is 0 Å². The first-order valence-electron chi connectivity index (χ1n) is 5.98. The Kier molecular flexibility index (Phi) is 5.05. The van der Waals surface area contributed by atoms with Gasteiger partial charge in [0.25, 0.3) is 5.91 Å². The molecule has 1 aromatic carbocycles. The lowest BCUT2D eigenvalue weighted by Crippen LogP contribution is -2.38. The van der Waals surface area contributed by atoms with Crippen molar-refractivity contribution in [1.29, 1.82) is 0 Å². The van der Waals surface area contributed by atoms with Crippen molar-refractivity contribution in [2.24, 2.45) is 0 Å². The Hall–Kier alpha value is -1.34. The van der Waals surface area contributed by atoms with E-state index < -0.39 is 18.6 Å². The Morgan fingerprint density at radius 1 is 1.24 bits per heavy atom. The third-order valence-corrected chi connectivity index (χ3v) is 4.14. The highest BCUT2D eigenvalue weighted by atomic mass is 79.9. The molecule has 0 spiro atoms. The van der Waals surface area contributed by atoms with Crippen LogP contribution in [-0.4, -0.2) is 23.5 Å². The normalized spacial score (nSPS) is 11.4. The van der Waals surface area contributed by atoms with E-state index in [1.807, 2.05) is 0 Å². The quantitative estimate of drug-likeness (QED) is 0.754. The number of nitrogens with zero attached hydrogens (tertiary/aromatic N) is 1. The summed E-state index contributed by atoms with van der Waals surface area (Å²) in [6.45, 7) is -1.34. The van der Waals surface area contributed by atoms with Crippen molar-refractivity contribution in [2.45, 2.75) is 12.7 Å². The molecule has 0 unspecified atom stereocenters. The molecule has 0 aliphatic heterocycles. The summed E-state index contributed by atoms with van der Waals surface area (Å²) in [5, 5.41) is 3.50. The summed E-state index contributed by atoms with van der Waals surface area (Å²) < 4.78 is 38.6. The highest BCUT2D eigenvalue weighted by Gasteiger charge is 2.33. The summed E-state index contributed by atoms with van der Waals surface area (Å²) in [5.74, 6) is -0.647. The lowest BCUT2D eigenvalue weighted by molar-refractivity contribution is -0.141. The van der Waals surface area contributed by atoms with Gasteiger partial charge < -0.3 is 4.90 Å². The number of hydrogen-bond donors (Lipinski definition) is 0. The minimum atomic E-state index is -4.44. The molecule has 7 heteroatoms. The Morgan fingerprint density at radius 2 is 1.95 bits per heavy atom. The zero-order valence-electron chi connectivity index (χ0n) is 10.7. The SMILES string of the molecule is O=C(c1ccccc1Br)N(Cc1ccsc1)CC(F)(F)F. The third kappa shape index (κ3) is 4.57. The molecule has 0 atom stereocenters. The first-order chi connectivity index (χ1) is 9.87. The topological polar surface area (TPSA) is 20.3 Å². The summed E-state index contributed by atoms with van der Waals surface area (Å²) in [4.78, 5) is 13.2. The Balaban J connectivity index is 2.26. The van der Waals surface area contributed by atoms with E-state index in [-0.39, 0.29) is 12.1 Å². The number of rotatable bonds is 4. The monoisotopic (exact) mass is 377 g/mol. The largest absolute Gasteiger partial charge is 0.406 e. The Bertz CT molecular complexity index is 613. The molecule has 2 nitrogen and oxygen atoms in total. The second kappa shape index (κ2) is 6.62. The van der Waals surface area contributed by atoms with Gasteiger partial charge in [0, 0.05) is 11.0 Å². The maximum Gasteiger partial charge on any atom is 0.406 e. The number of thiophene rings is 1. The van der Waals surface area contributed by atoms with Gasteiger partial charge in [0.2, 0.25) is 0 Å². The molecule has 2 aromatic rings. The molecule has 1 heterocycles. The van der Waals surface area contributed by atoms with Gasteiger partial charge in [-0.15, -0.1) is 0 Å². The van der Waals surface area contributed by atoms with Crippen LogP contribution in [0.15, 0.2) is 45.6 Å². The molecule has 1 aromatic heterocycles. The van der Waals surface area contributed by atoms with Crippen molar-refractivity contribution in [3.8, 4) is 0 Å². The third-order valence-electron chi connectivity index (χ3n) is 2.72. The van der Waals surface area contributed by atoms with Gasteiger partial charge in [-0.25, -0.2) is 0 Å². The van der Waals surface area contributed by atoms with Gasteiger partial charge in [-0.1, -0.05) is 12.1 Å². The molecular formula is C14H11BrF3NOS. The average molecular weight is 378 g/mol. The summed E-state index contributed by atoms with van der Waals surface area (Å²) in [6, 6.07) is 8.16. The fourth-order valence-corrected chi connectivity index (χ4v) is 2.94. The zero-order valence-corrected chi connectivity index (χ0v) is 13.1. The van der Waals surface area contributed by atoms with Crippen LogP contribution in [0, 0.1) is 0 Å². The van der Waals surface area contributed by atoms with Crippen LogP contribution < -0.4 is 0 Å². The highest BCUT2D eigenvalue weighted by Crippen LogP contribution is 2.23. The molecule has 0 radical (unpaired) electrons. The summed E-state index contributed by atoms with van der Waals surface area (Å²) in [5.41, 5.74) is 0.904. The molecule has 0 aliphatic carbocycles. The highest BCUT2D eigenvalue weighted by molar-refractivity contribution is 9.10. The van der Waals surface area contributed by atoms with Gasteiger partial charge in [0.1, 0.15) is 6.54 Å². The second-order valence-corrected chi connectivity index (χ2v) is 6.02. The fraction of sp³-hybridized carbons (Fsp3) is 0.214. The molecule has 2 rings (SSSR count). The smallest absolute Gasteiger partial charge is 0.325 e. The van der Waals surface area contributed by atoms with Gasteiger partial charge in [0.15, 0.2) is 0 Å². The van der Waals surface area contributed by atoms with Crippen LogP contribution in [0.4, 0.5) is 13.2 Å². The first kappa shape index (κ1) is 16.0. The van der Waals surface area contributed by atoms with Crippen molar-refractivity contribution >= 4 is 33.2 Å². The summed E-state index contributed by atoms with van der Waals surface area (Å²) in [7, 11) is 0. The number of benzene rings is 1. The van der Waals surface area contributed by atoms with E-state index in [0.717, 1.165) is 4.90 Å². The fourth-order valence-electron chi connectivity index (χ4n) is 1.82. The van der Waals surface area contributed by atoms with Crippen molar-refractivity contribution in [2.75, 3.05) is 6.54 Å². The van der Waals surface area contributed by atoms with Gasteiger partial charge in [-0.2, -0.15) is 24.5 Å². The average Bonchev–Trinajstić information content (AvgIpc) is 2.89. The van der Waals surface area contributed by atoms with Crippen LogP contribution in [0.3, 0.4) is 0 Å². The summed E-state index contributed by atoms with van der Waals surface area (Å²) in [6.07, 6.45) is -4.44. The lowest BCUT2D eigenvalue weighted by Gasteiger charge is -2.24. The van der Waals surface area contributed by atoms with E-state index in [9.17, 15) is 18.0 Å². The molecule has 0 bridgehead atoms. The standard InChI is InChI=1S/C14H11BrF3NOS/c15-12-4-2-1-3-11(12)13(20)19(9-14(16,17)18)7-10-5-6-21-8-10/h1-6,8H,7,9H2. The number of carbonyl (C=O) groups excluding carboxylic acids is 1. The molecule has 0 N–H and O–H groups in total. The minimum Gasteiger partial charge on any atom is -0.325 e. The Morgan fingerprint density at radius 3 is 2.52 bits per heavy atom. The molecule has 0 fully saturated rings. The van der Waals surface area contributed by atoms with Crippen molar-refractivity contribution in [3.63, 3.8) is 0 Å².